The molecule has 174 valence electrons. The summed E-state index contributed by atoms with van der Waals surface area (Å²) in [6.45, 7) is 3.85. The zero-order valence-corrected chi connectivity index (χ0v) is 19.0. The average molecular weight is 451 g/mol. The van der Waals surface area contributed by atoms with Crippen LogP contribution in [0.3, 0.4) is 0 Å². The average Bonchev–Trinajstić information content (AvgIpc) is 3.57. The molecule has 2 amide bonds. The van der Waals surface area contributed by atoms with Crippen molar-refractivity contribution in [2.75, 3.05) is 6.61 Å². The molecule has 4 rings (SSSR count). The van der Waals surface area contributed by atoms with E-state index in [1.165, 1.54) is 11.1 Å². The molecule has 3 N–H and O–H groups in total. The Hall–Kier alpha value is -3.35. The van der Waals surface area contributed by atoms with Gasteiger partial charge in [0, 0.05) is 17.9 Å². The highest BCUT2D eigenvalue weighted by molar-refractivity contribution is 5.84. The molecule has 1 atom stereocenters. The van der Waals surface area contributed by atoms with Crippen LogP contribution in [-0.2, 0) is 14.3 Å². The van der Waals surface area contributed by atoms with Gasteiger partial charge >= 0.3 is 12.1 Å². The Morgan fingerprint density at radius 3 is 2.15 bits per heavy atom. The van der Waals surface area contributed by atoms with Crippen molar-refractivity contribution in [3.63, 3.8) is 0 Å². The number of hydrogen-bond donors (Lipinski definition) is 3. The summed E-state index contributed by atoms with van der Waals surface area (Å²) in [7, 11) is 0. The van der Waals surface area contributed by atoms with Crippen LogP contribution in [0.1, 0.15) is 56.6 Å². The topological polar surface area (TPSA) is 105 Å². The minimum Gasteiger partial charge on any atom is -0.480 e. The van der Waals surface area contributed by atoms with Crippen molar-refractivity contribution in [3.05, 3.63) is 59.7 Å². The van der Waals surface area contributed by atoms with Crippen molar-refractivity contribution in [2.45, 2.75) is 57.0 Å². The largest absolute Gasteiger partial charge is 0.480 e. The number of nitrogens with one attached hydrogen (secondary N) is 2. The Balaban J connectivity index is 1.29. The second-order valence-electron chi connectivity index (χ2n) is 9.56. The molecule has 0 aliphatic heterocycles. The van der Waals surface area contributed by atoms with E-state index in [9.17, 15) is 19.5 Å². The lowest BCUT2D eigenvalue weighted by Gasteiger charge is -2.26. The van der Waals surface area contributed by atoms with Crippen LogP contribution in [-0.4, -0.2) is 41.3 Å². The molecule has 7 heteroatoms. The molecule has 2 aliphatic rings. The first-order valence-corrected chi connectivity index (χ1v) is 11.4. The standard InChI is InChI=1S/C26H30N2O5/c1-26(2,14-13-22(29)27-23(24(30)31)16-11-12-16)28-25(32)33-15-21-19-9-5-3-7-17(19)18-8-4-6-10-20(18)21/h3-10,16,21,23H,11-15H2,1-2H3,(H,27,29)(H,28,32)(H,30,31). The Morgan fingerprint density at radius 1 is 1.03 bits per heavy atom. The van der Waals surface area contributed by atoms with Crippen molar-refractivity contribution in [2.24, 2.45) is 5.92 Å². The van der Waals surface area contributed by atoms with Crippen molar-refractivity contribution >= 4 is 18.0 Å². The van der Waals surface area contributed by atoms with Gasteiger partial charge in [-0.3, -0.25) is 4.79 Å². The molecule has 0 saturated heterocycles. The molecular formula is C26H30N2O5. The predicted octanol–water partition coefficient (Wildman–Crippen LogP) is 4.06. The number of carbonyl (C=O) groups is 3. The Kier molecular flexibility index (Phi) is 6.40. The van der Waals surface area contributed by atoms with E-state index in [2.05, 4.69) is 34.9 Å². The minimum absolute atomic E-state index is 0.0209. The number of fused-ring (bicyclic) bond motifs is 3. The van der Waals surface area contributed by atoms with Crippen molar-refractivity contribution in [3.8, 4) is 11.1 Å². The van der Waals surface area contributed by atoms with Crippen molar-refractivity contribution < 1.29 is 24.2 Å². The zero-order chi connectivity index (χ0) is 23.6. The third-order valence-corrected chi connectivity index (χ3v) is 6.44. The molecule has 1 unspecified atom stereocenters. The van der Waals surface area contributed by atoms with Crippen LogP contribution < -0.4 is 10.6 Å². The van der Waals surface area contributed by atoms with E-state index >= 15 is 0 Å². The van der Waals surface area contributed by atoms with Gasteiger partial charge < -0.3 is 20.5 Å². The molecule has 0 radical (unpaired) electrons. The van der Waals surface area contributed by atoms with Gasteiger partial charge in [-0.15, -0.1) is 0 Å². The molecular weight excluding hydrogens is 420 g/mol. The lowest BCUT2D eigenvalue weighted by atomic mass is 9.98. The molecule has 0 heterocycles. The lowest BCUT2D eigenvalue weighted by Crippen LogP contribution is -2.46. The van der Waals surface area contributed by atoms with Crippen LogP contribution in [0.15, 0.2) is 48.5 Å². The summed E-state index contributed by atoms with van der Waals surface area (Å²) >= 11 is 0. The number of alkyl carbamates (subject to hydrolysis) is 1. The van der Waals surface area contributed by atoms with E-state index in [0.29, 0.717) is 6.42 Å². The highest BCUT2D eigenvalue weighted by atomic mass is 16.5. The first-order valence-electron chi connectivity index (χ1n) is 11.4. The molecule has 7 nitrogen and oxygen atoms in total. The van der Waals surface area contributed by atoms with E-state index in [1.807, 2.05) is 38.1 Å². The number of aliphatic carboxylic acids is 1. The van der Waals surface area contributed by atoms with Gasteiger partial charge in [-0.05, 0) is 61.3 Å². The third-order valence-electron chi connectivity index (χ3n) is 6.44. The van der Waals surface area contributed by atoms with Gasteiger partial charge in [-0.25, -0.2) is 9.59 Å². The number of amides is 2. The normalized spacial score (nSPS) is 15.8. The highest BCUT2D eigenvalue weighted by Crippen LogP contribution is 2.44. The van der Waals surface area contributed by atoms with Gasteiger partial charge in [-0.2, -0.15) is 0 Å². The minimum atomic E-state index is -0.998. The smallest absolute Gasteiger partial charge is 0.407 e. The molecule has 2 aromatic carbocycles. The first-order chi connectivity index (χ1) is 15.7. The number of carboxylic acids is 1. The van der Waals surface area contributed by atoms with Gasteiger partial charge in [0.15, 0.2) is 0 Å². The second-order valence-corrected chi connectivity index (χ2v) is 9.56. The molecule has 33 heavy (non-hydrogen) atoms. The van der Waals surface area contributed by atoms with Gasteiger partial charge in [0.25, 0.3) is 0 Å². The second kappa shape index (κ2) is 9.25. The SMILES string of the molecule is CC(C)(CCC(=O)NC(C(=O)O)C1CC1)NC(=O)OCC1c2ccccc2-c2ccccc21. The summed E-state index contributed by atoms with van der Waals surface area (Å²) < 4.78 is 5.59. The first kappa shape index (κ1) is 22.8. The molecule has 2 aliphatic carbocycles. The van der Waals surface area contributed by atoms with Crippen LogP contribution in [0, 0.1) is 5.92 Å². The maximum absolute atomic E-state index is 12.5. The summed E-state index contributed by atoms with van der Waals surface area (Å²) in [4.78, 5) is 36.1. The monoisotopic (exact) mass is 450 g/mol. The van der Waals surface area contributed by atoms with Crippen LogP contribution in [0.2, 0.25) is 0 Å². The zero-order valence-electron chi connectivity index (χ0n) is 19.0. The van der Waals surface area contributed by atoms with Crippen molar-refractivity contribution in [1.82, 2.24) is 10.6 Å². The van der Waals surface area contributed by atoms with E-state index in [-0.39, 0.29) is 30.8 Å². The molecule has 0 bridgehead atoms. The van der Waals surface area contributed by atoms with Gasteiger partial charge in [0.1, 0.15) is 12.6 Å². The number of rotatable bonds is 9. The molecule has 1 saturated carbocycles. The Morgan fingerprint density at radius 2 is 1.61 bits per heavy atom. The number of carbonyl (C=O) groups excluding carboxylic acids is 2. The van der Waals surface area contributed by atoms with E-state index in [0.717, 1.165) is 24.0 Å². The fraction of sp³-hybridized carbons (Fsp3) is 0.423. The summed E-state index contributed by atoms with van der Waals surface area (Å²) in [6, 6.07) is 15.5. The van der Waals surface area contributed by atoms with Gasteiger partial charge in [0.2, 0.25) is 5.91 Å². The van der Waals surface area contributed by atoms with Gasteiger partial charge in [0.05, 0.1) is 0 Å². The number of hydrogen-bond acceptors (Lipinski definition) is 4. The van der Waals surface area contributed by atoms with Crippen molar-refractivity contribution in [1.29, 1.82) is 0 Å². The summed E-state index contributed by atoms with van der Waals surface area (Å²) in [5.41, 5.74) is 3.94. The third kappa shape index (κ3) is 5.35. The number of carboxylic acid groups (broad SMARTS) is 1. The fourth-order valence-corrected chi connectivity index (χ4v) is 4.46. The molecule has 1 fully saturated rings. The predicted molar refractivity (Wildman–Crippen MR) is 124 cm³/mol. The van der Waals surface area contributed by atoms with Gasteiger partial charge in [-0.1, -0.05) is 48.5 Å². The highest BCUT2D eigenvalue weighted by Gasteiger charge is 2.37. The molecule has 0 spiro atoms. The molecule has 2 aromatic rings. The van der Waals surface area contributed by atoms with Crippen LogP contribution in [0.4, 0.5) is 4.79 Å². The van der Waals surface area contributed by atoms with E-state index in [1.54, 1.807) is 0 Å². The van der Waals surface area contributed by atoms with Crippen LogP contribution in [0.25, 0.3) is 11.1 Å². The quantitative estimate of drug-likeness (QED) is 0.534. The van der Waals surface area contributed by atoms with Crippen LogP contribution >= 0.6 is 0 Å². The Bertz CT molecular complexity index is 1010. The van der Waals surface area contributed by atoms with Crippen LogP contribution in [0.5, 0.6) is 0 Å². The summed E-state index contributed by atoms with van der Waals surface area (Å²) in [5.74, 6) is -1.32. The molecule has 0 aromatic heterocycles. The summed E-state index contributed by atoms with van der Waals surface area (Å²) in [6.07, 6.45) is 1.59. The maximum atomic E-state index is 12.5. The number of ether oxygens (including phenoxy) is 1. The van der Waals surface area contributed by atoms with E-state index < -0.39 is 23.6 Å². The van der Waals surface area contributed by atoms with E-state index in [4.69, 9.17) is 4.74 Å². The maximum Gasteiger partial charge on any atom is 0.407 e. The Labute approximate surface area is 193 Å². The fourth-order valence-electron chi connectivity index (χ4n) is 4.46. The summed E-state index contributed by atoms with van der Waals surface area (Å²) in [5, 5.41) is 14.7. The lowest BCUT2D eigenvalue weighted by molar-refractivity contribution is -0.142. The number of benzene rings is 2.